The number of benzene rings is 1. The highest BCUT2D eigenvalue weighted by Gasteiger charge is 2.28. The number of aromatic nitrogens is 1. The van der Waals surface area contributed by atoms with Crippen LogP contribution in [-0.4, -0.2) is 30.3 Å². The summed E-state index contributed by atoms with van der Waals surface area (Å²) in [5.74, 6) is -0.390. The normalized spacial score (nSPS) is 11.3. The fraction of sp³-hybridized carbons (Fsp3) is 0.286. The molecule has 2 aromatic rings. The molecule has 1 heterocycles. The minimum absolute atomic E-state index is 0.114. The van der Waals surface area contributed by atoms with Crippen LogP contribution in [0.5, 0.6) is 5.75 Å². The second-order valence-corrected chi connectivity index (χ2v) is 5.04. The number of esters is 1. The molecule has 0 radical (unpaired) electrons. The van der Waals surface area contributed by atoms with Crippen LogP contribution in [0.3, 0.4) is 0 Å². The van der Waals surface area contributed by atoms with Gasteiger partial charge in [0.15, 0.2) is 12.3 Å². The first kappa shape index (κ1) is 16.3. The van der Waals surface area contributed by atoms with E-state index in [-0.39, 0.29) is 18.1 Å². The van der Waals surface area contributed by atoms with Gasteiger partial charge >= 0.3 is 12.1 Å². The second kappa shape index (κ2) is 6.78. The molecule has 0 spiro atoms. The van der Waals surface area contributed by atoms with E-state index in [1.807, 2.05) is 0 Å². The van der Waals surface area contributed by atoms with Crippen molar-refractivity contribution in [1.29, 1.82) is 0 Å². The summed E-state index contributed by atoms with van der Waals surface area (Å²) >= 11 is 1.25. The zero-order chi connectivity index (χ0) is 16.2. The summed E-state index contributed by atoms with van der Waals surface area (Å²) in [5.41, 5.74) is 0.888. The van der Waals surface area contributed by atoms with Gasteiger partial charge in [-0.1, -0.05) is 0 Å². The van der Waals surface area contributed by atoms with Gasteiger partial charge < -0.3 is 9.47 Å². The van der Waals surface area contributed by atoms with Crippen LogP contribution < -0.4 is 4.74 Å². The molecule has 0 fully saturated rings. The Morgan fingerprint density at radius 3 is 2.55 bits per heavy atom. The Bertz CT molecular complexity index is 638. The van der Waals surface area contributed by atoms with Gasteiger partial charge in [-0.25, -0.2) is 9.78 Å². The first-order valence-electron chi connectivity index (χ1n) is 6.31. The summed E-state index contributed by atoms with van der Waals surface area (Å²) in [6, 6.07) is 6.01. The lowest BCUT2D eigenvalue weighted by Crippen LogP contribution is -2.19. The van der Waals surface area contributed by atoms with Gasteiger partial charge in [0.25, 0.3) is 0 Å². The van der Waals surface area contributed by atoms with Crippen molar-refractivity contribution in [1.82, 2.24) is 4.98 Å². The monoisotopic (exact) mass is 331 g/mol. The first-order chi connectivity index (χ1) is 10.4. The Morgan fingerprint density at radius 2 is 1.95 bits per heavy atom. The molecule has 22 heavy (non-hydrogen) atoms. The van der Waals surface area contributed by atoms with Crippen LogP contribution in [0, 0.1) is 0 Å². The largest absolute Gasteiger partial charge is 0.484 e. The van der Waals surface area contributed by atoms with Crippen LogP contribution >= 0.6 is 11.3 Å². The molecule has 1 aromatic carbocycles. The van der Waals surface area contributed by atoms with Crippen molar-refractivity contribution in [3.63, 3.8) is 0 Å². The molecule has 0 amide bonds. The molecule has 0 atom stereocenters. The third-order valence-corrected chi connectivity index (χ3v) is 3.38. The fourth-order valence-electron chi connectivity index (χ4n) is 1.56. The molecule has 1 aromatic heterocycles. The number of hydrogen-bond acceptors (Lipinski definition) is 5. The summed E-state index contributed by atoms with van der Waals surface area (Å²) in [7, 11) is 0. The van der Waals surface area contributed by atoms with Gasteiger partial charge in [0, 0.05) is 10.9 Å². The van der Waals surface area contributed by atoms with Gasteiger partial charge in [-0.15, -0.1) is 11.3 Å². The van der Waals surface area contributed by atoms with Crippen molar-refractivity contribution in [3.8, 4) is 16.3 Å². The topological polar surface area (TPSA) is 48.4 Å². The molecule has 0 saturated carbocycles. The molecule has 0 saturated heterocycles. The maximum atomic E-state index is 12.0. The number of hydrogen-bond donors (Lipinski definition) is 0. The number of carbonyl (C=O) groups excluding carboxylic acids is 1. The van der Waals surface area contributed by atoms with E-state index in [1.165, 1.54) is 23.5 Å². The van der Waals surface area contributed by atoms with E-state index in [9.17, 15) is 18.0 Å². The average Bonchev–Trinajstić information content (AvgIpc) is 2.95. The van der Waals surface area contributed by atoms with Crippen LogP contribution in [0.4, 0.5) is 13.2 Å². The van der Waals surface area contributed by atoms with Crippen LogP contribution in [0.1, 0.15) is 17.4 Å². The summed E-state index contributed by atoms with van der Waals surface area (Å²) < 4.78 is 45.6. The number of nitrogens with zero attached hydrogens (tertiary/aromatic N) is 1. The maximum Gasteiger partial charge on any atom is 0.422 e. The van der Waals surface area contributed by atoms with E-state index in [0.29, 0.717) is 10.6 Å². The Balaban J connectivity index is 2.06. The number of rotatable bonds is 5. The molecule has 4 nitrogen and oxygen atoms in total. The molecule has 0 N–H and O–H groups in total. The summed E-state index contributed by atoms with van der Waals surface area (Å²) in [5, 5.41) is 2.15. The van der Waals surface area contributed by atoms with Crippen LogP contribution in [0.25, 0.3) is 10.6 Å². The predicted molar refractivity (Wildman–Crippen MR) is 75.1 cm³/mol. The van der Waals surface area contributed by atoms with Gasteiger partial charge in [-0.2, -0.15) is 13.2 Å². The molecule has 0 bridgehead atoms. The second-order valence-electron chi connectivity index (χ2n) is 4.19. The third kappa shape index (κ3) is 4.45. The highest BCUT2D eigenvalue weighted by atomic mass is 32.1. The minimum atomic E-state index is -4.37. The van der Waals surface area contributed by atoms with Crippen molar-refractivity contribution < 1.29 is 27.4 Å². The third-order valence-electron chi connectivity index (χ3n) is 2.49. The molecule has 0 aliphatic carbocycles. The standard InChI is InChI=1S/C14H12F3NO3S/c1-2-20-13(19)11-7-22-12(18-11)9-3-5-10(6-4-9)21-8-14(15,16)17/h3-7H,2,8H2,1H3. The molecule has 0 aliphatic rings. The van der Waals surface area contributed by atoms with Crippen molar-refractivity contribution >= 4 is 17.3 Å². The van der Waals surface area contributed by atoms with Crippen LogP contribution in [0.2, 0.25) is 0 Å². The molecule has 118 valence electrons. The summed E-state index contributed by atoms with van der Waals surface area (Å²) in [4.78, 5) is 15.7. The van der Waals surface area contributed by atoms with Gasteiger partial charge in [0.1, 0.15) is 10.8 Å². The summed E-state index contributed by atoms with van der Waals surface area (Å²) in [6.07, 6.45) is -4.37. The van der Waals surface area contributed by atoms with E-state index < -0.39 is 18.8 Å². The van der Waals surface area contributed by atoms with Crippen LogP contribution in [0.15, 0.2) is 29.6 Å². The number of halogens is 3. The molecular formula is C14H12F3NO3S. The van der Waals surface area contributed by atoms with E-state index in [4.69, 9.17) is 4.74 Å². The minimum Gasteiger partial charge on any atom is -0.484 e. The van der Waals surface area contributed by atoms with Gasteiger partial charge in [-0.3, -0.25) is 0 Å². The van der Waals surface area contributed by atoms with Crippen molar-refractivity contribution in [2.45, 2.75) is 13.1 Å². The molecule has 0 aliphatic heterocycles. The number of alkyl halides is 3. The Kier molecular flexibility index (Phi) is 5.02. The van der Waals surface area contributed by atoms with Gasteiger partial charge in [0.2, 0.25) is 0 Å². The lowest BCUT2D eigenvalue weighted by molar-refractivity contribution is -0.153. The van der Waals surface area contributed by atoms with E-state index in [1.54, 1.807) is 24.4 Å². The Labute approximate surface area is 128 Å². The zero-order valence-electron chi connectivity index (χ0n) is 11.5. The maximum absolute atomic E-state index is 12.0. The van der Waals surface area contributed by atoms with E-state index >= 15 is 0 Å². The SMILES string of the molecule is CCOC(=O)c1csc(-c2ccc(OCC(F)(F)F)cc2)n1. The quantitative estimate of drug-likeness (QED) is 0.779. The highest BCUT2D eigenvalue weighted by molar-refractivity contribution is 7.13. The average molecular weight is 331 g/mol. The fourth-order valence-corrected chi connectivity index (χ4v) is 2.36. The molecule has 0 unspecified atom stereocenters. The number of ether oxygens (including phenoxy) is 2. The van der Waals surface area contributed by atoms with Gasteiger partial charge in [0.05, 0.1) is 6.61 Å². The molecule has 8 heteroatoms. The lowest BCUT2D eigenvalue weighted by atomic mass is 10.2. The molecule has 2 rings (SSSR count). The van der Waals surface area contributed by atoms with E-state index in [2.05, 4.69) is 9.72 Å². The van der Waals surface area contributed by atoms with Gasteiger partial charge in [-0.05, 0) is 31.2 Å². The zero-order valence-corrected chi connectivity index (χ0v) is 12.3. The summed E-state index contributed by atoms with van der Waals surface area (Å²) in [6.45, 7) is 0.623. The number of carbonyl (C=O) groups is 1. The Hall–Kier alpha value is -2.09. The van der Waals surface area contributed by atoms with Crippen molar-refractivity contribution in [2.75, 3.05) is 13.2 Å². The van der Waals surface area contributed by atoms with Crippen LogP contribution in [-0.2, 0) is 4.74 Å². The van der Waals surface area contributed by atoms with Crippen molar-refractivity contribution in [2.24, 2.45) is 0 Å². The Morgan fingerprint density at radius 1 is 1.27 bits per heavy atom. The predicted octanol–water partition coefficient (Wildman–Crippen LogP) is 3.93. The van der Waals surface area contributed by atoms with Crippen molar-refractivity contribution in [3.05, 3.63) is 35.3 Å². The lowest BCUT2D eigenvalue weighted by Gasteiger charge is -2.09. The number of thiazole rings is 1. The first-order valence-corrected chi connectivity index (χ1v) is 7.19. The molecular weight excluding hydrogens is 319 g/mol. The highest BCUT2D eigenvalue weighted by Crippen LogP contribution is 2.26. The smallest absolute Gasteiger partial charge is 0.422 e. The van der Waals surface area contributed by atoms with E-state index in [0.717, 1.165) is 0 Å².